The lowest BCUT2D eigenvalue weighted by Gasteiger charge is -2.27. The summed E-state index contributed by atoms with van der Waals surface area (Å²) < 4.78 is 4.55. The highest BCUT2D eigenvalue weighted by molar-refractivity contribution is 6.29. The average molecular weight is 192 g/mol. The van der Waals surface area contributed by atoms with Crippen LogP contribution in [0, 0.1) is 0 Å². The van der Waals surface area contributed by atoms with Crippen molar-refractivity contribution in [3.8, 4) is 5.75 Å². The van der Waals surface area contributed by atoms with Crippen LogP contribution in [0.5, 0.6) is 5.75 Å². The Morgan fingerprint density at radius 1 is 1.14 bits per heavy atom. The largest absolute Gasteiger partial charge is 0.860 e. The molecular weight excluding hydrogens is 179 g/mol. The molecule has 0 N–H and O–H groups in total. The van der Waals surface area contributed by atoms with Gasteiger partial charge in [0.2, 0.25) is 0 Å². The third kappa shape index (κ3) is 2.75. The van der Waals surface area contributed by atoms with Crippen LogP contribution < -0.4 is 14.7 Å². The Hall–Kier alpha value is -0.995. The minimum absolute atomic E-state index is 0.369. The quantitative estimate of drug-likeness (QED) is 0.625. The molecule has 0 aromatic heterocycles. The minimum Gasteiger partial charge on any atom is -0.860 e. The molecule has 0 aliphatic carbocycles. The zero-order chi connectivity index (χ0) is 10.6. The van der Waals surface area contributed by atoms with Crippen LogP contribution in [-0.4, -0.2) is 7.32 Å². The fourth-order valence-corrected chi connectivity index (χ4v) is 1.46. The molecule has 0 aliphatic heterocycles. The predicted octanol–water partition coefficient (Wildman–Crippen LogP) is -0.104. The van der Waals surface area contributed by atoms with E-state index < -0.39 is 7.32 Å². The summed E-state index contributed by atoms with van der Waals surface area (Å²) in [5, 5.41) is 20.5. The number of benzene rings is 1. The number of aryl methyl sites for hydroxylation is 2. The first kappa shape index (κ1) is 11.1. The summed E-state index contributed by atoms with van der Waals surface area (Å²) in [4.78, 5) is 0. The highest BCUT2D eigenvalue weighted by Gasteiger charge is 2.00. The molecule has 3 nitrogen and oxygen atoms in total. The van der Waals surface area contributed by atoms with Gasteiger partial charge in [-0.1, -0.05) is 19.9 Å². The molecule has 0 saturated heterocycles. The highest BCUT2D eigenvalue weighted by Crippen LogP contribution is 2.18. The van der Waals surface area contributed by atoms with Gasteiger partial charge in [-0.2, -0.15) is 0 Å². The van der Waals surface area contributed by atoms with Gasteiger partial charge in [0, 0.05) is 0 Å². The molecule has 1 rings (SSSR count). The summed E-state index contributed by atoms with van der Waals surface area (Å²) in [7, 11) is -2.24. The van der Waals surface area contributed by atoms with Crippen LogP contribution in [0.1, 0.15) is 25.0 Å². The third-order valence-corrected chi connectivity index (χ3v) is 2.17. The van der Waals surface area contributed by atoms with E-state index in [4.69, 9.17) is 0 Å². The Bertz CT molecular complexity index is 299. The second kappa shape index (κ2) is 5.03. The van der Waals surface area contributed by atoms with E-state index in [9.17, 15) is 10.0 Å². The molecule has 0 heterocycles. The van der Waals surface area contributed by atoms with E-state index in [1.807, 2.05) is 13.0 Å². The van der Waals surface area contributed by atoms with Gasteiger partial charge in [0.15, 0.2) is 0 Å². The molecule has 0 unspecified atom stereocenters. The van der Waals surface area contributed by atoms with Crippen LogP contribution in [-0.2, 0) is 12.8 Å². The Kier molecular flexibility index (Phi) is 3.98. The average Bonchev–Trinajstić information content (AvgIpc) is 2.16. The number of hydrogen-bond donors (Lipinski definition) is 0. The van der Waals surface area contributed by atoms with Crippen molar-refractivity contribution in [3.05, 3.63) is 29.3 Å². The van der Waals surface area contributed by atoms with Gasteiger partial charge >= 0.3 is 0 Å². The smallest absolute Gasteiger partial charge is 0.133 e. The van der Waals surface area contributed by atoms with E-state index in [1.165, 1.54) is 5.56 Å². The lowest BCUT2D eigenvalue weighted by atomic mass is 10.0. The molecule has 0 bridgehead atoms. The van der Waals surface area contributed by atoms with Crippen LogP contribution in [0.25, 0.3) is 0 Å². The molecule has 0 atom stereocenters. The van der Waals surface area contributed by atoms with Crippen LogP contribution in [0.3, 0.4) is 0 Å². The standard InChI is InChI=1S/C10H13BO3/c1-3-8-5-6-10(14-11(12)13)7-9(8)4-2/h5-7H,3-4H2,1-2H3/q-2. The van der Waals surface area contributed by atoms with Crippen molar-refractivity contribution >= 4 is 7.32 Å². The van der Waals surface area contributed by atoms with E-state index in [2.05, 4.69) is 11.6 Å². The monoisotopic (exact) mass is 192 g/mol. The normalized spacial score (nSPS) is 10.0. The molecule has 0 radical (unpaired) electrons. The van der Waals surface area contributed by atoms with Gasteiger partial charge in [-0.05, 0) is 36.1 Å². The molecule has 0 spiro atoms. The minimum atomic E-state index is -2.24. The fraction of sp³-hybridized carbons (Fsp3) is 0.400. The van der Waals surface area contributed by atoms with Crippen molar-refractivity contribution < 1.29 is 14.7 Å². The van der Waals surface area contributed by atoms with Gasteiger partial charge in [0.25, 0.3) is 0 Å². The first-order valence-electron chi connectivity index (χ1n) is 4.77. The first-order chi connectivity index (χ1) is 6.67. The molecule has 0 saturated carbocycles. The van der Waals surface area contributed by atoms with Crippen LogP contribution in [0.4, 0.5) is 0 Å². The van der Waals surface area contributed by atoms with E-state index in [-0.39, 0.29) is 0 Å². The van der Waals surface area contributed by atoms with Crippen molar-refractivity contribution in [2.24, 2.45) is 0 Å². The van der Waals surface area contributed by atoms with E-state index >= 15 is 0 Å². The van der Waals surface area contributed by atoms with E-state index in [0.29, 0.717) is 5.75 Å². The van der Waals surface area contributed by atoms with Crippen molar-refractivity contribution in [3.63, 3.8) is 0 Å². The van der Waals surface area contributed by atoms with Crippen molar-refractivity contribution in [1.82, 2.24) is 0 Å². The lowest BCUT2D eigenvalue weighted by molar-refractivity contribution is -0.372. The van der Waals surface area contributed by atoms with E-state index in [1.54, 1.807) is 12.1 Å². The molecule has 0 aliphatic rings. The molecule has 76 valence electrons. The summed E-state index contributed by atoms with van der Waals surface area (Å²) in [5.41, 5.74) is 2.36. The molecule has 1 aromatic rings. The third-order valence-electron chi connectivity index (χ3n) is 2.17. The maximum Gasteiger partial charge on any atom is 0.133 e. The maximum atomic E-state index is 10.3. The molecule has 0 amide bonds. The Balaban J connectivity index is 2.89. The van der Waals surface area contributed by atoms with Gasteiger partial charge in [-0.15, -0.1) is 0 Å². The summed E-state index contributed by atoms with van der Waals surface area (Å²) >= 11 is 0. The molecule has 1 aromatic carbocycles. The van der Waals surface area contributed by atoms with Gasteiger partial charge in [0.05, 0.1) is 5.75 Å². The second-order valence-corrected chi connectivity index (χ2v) is 3.04. The number of hydrogen-bond acceptors (Lipinski definition) is 3. The highest BCUT2D eigenvalue weighted by atomic mass is 16.6. The van der Waals surface area contributed by atoms with E-state index in [0.717, 1.165) is 18.4 Å². The summed E-state index contributed by atoms with van der Waals surface area (Å²) in [6.45, 7) is 4.10. The zero-order valence-corrected chi connectivity index (χ0v) is 8.45. The molecule has 4 heteroatoms. The molecule has 0 fully saturated rings. The summed E-state index contributed by atoms with van der Waals surface area (Å²) in [5.74, 6) is 0.369. The van der Waals surface area contributed by atoms with Gasteiger partial charge in [-0.25, -0.2) is 0 Å². The Morgan fingerprint density at radius 2 is 1.79 bits per heavy atom. The molecular formula is C10H13BO3-2. The van der Waals surface area contributed by atoms with Crippen LogP contribution in [0.2, 0.25) is 0 Å². The van der Waals surface area contributed by atoms with Crippen molar-refractivity contribution in [2.75, 3.05) is 0 Å². The van der Waals surface area contributed by atoms with Gasteiger partial charge in [0.1, 0.15) is 7.32 Å². The molecule has 14 heavy (non-hydrogen) atoms. The fourth-order valence-electron chi connectivity index (χ4n) is 1.46. The van der Waals surface area contributed by atoms with Crippen molar-refractivity contribution in [1.29, 1.82) is 0 Å². The summed E-state index contributed by atoms with van der Waals surface area (Å²) in [6, 6.07) is 5.33. The topological polar surface area (TPSA) is 55.3 Å². The summed E-state index contributed by atoms with van der Waals surface area (Å²) in [6.07, 6.45) is 1.82. The van der Waals surface area contributed by atoms with Gasteiger partial charge < -0.3 is 14.7 Å². The van der Waals surface area contributed by atoms with Crippen molar-refractivity contribution in [2.45, 2.75) is 26.7 Å². The Morgan fingerprint density at radius 3 is 2.29 bits per heavy atom. The second-order valence-electron chi connectivity index (χ2n) is 3.04. The SMILES string of the molecule is CCc1ccc(OB([O-])[O-])cc1CC. The van der Waals surface area contributed by atoms with Crippen LogP contribution >= 0.6 is 0 Å². The predicted molar refractivity (Wildman–Crippen MR) is 51.6 cm³/mol. The van der Waals surface area contributed by atoms with Crippen LogP contribution in [0.15, 0.2) is 18.2 Å². The first-order valence-corrected chi connectivity index (χ1v) is 4.77. The number of rotatable bonds is 4. The zero-order valence-electron chi connectivity index (χ0n) is 8.45. The Labute approximate surface area is 84.5 Å². The maximum absolute atomic E-state index is 10.3. The van der Waals surface area contributed by atoms with Gasteiger partial charge in [-0.3, -0.25) is 0 Å². The lowest BCUT2D eigenvalue weighted by Crippen LogP contribution is -2.50.